The van der Waals surface area contributed by atoms with E-state index in [2.05, 4.69) is 4.90 Å². The Labute approximate surface area is 171 Å². The third-order valence-corrected chi connectivity index (χ3v) is 5.48. The van der Waals surface area contributed by atoms with E-state index in [-0.39, 0.29) is 17.6 Å². The Balaban J connectivity index is 1.79. The van der Waals surface area contributed by atoms with Gasteiger partial charge in [0.05, 0.1) is 24.1 Å². The quantitative estimate of drug-likeness (QED) is 0.640. The highest BCUT2D eigenvalue weighted by Gasteiger charge is 2.29. The normalized spacial score (nSPS) is 17.7. The molecule has 30 heavy (non-hydrogen) atoms. The van der Waals surface area contributed by atoms with E-state index in [0.717, 1.165) is 19.2 Å². The van der Waals surface area contributed by atoms with Gasteiger partial charge in [-0.15, -0.1) is 0 Å². The molecule has 0 spiro atoms. The van der Waals surface area contributed by atoms with Gasteiger partial charge < -0.3 is 34.1 Å². The van der Waals surface area contributed by atoms with Crippen molar-refractivity contribution in [3.8, 4) is 5.75 Å². The number of carbonyl (C=O) groups is 1. The van der Waals surface area contributed by atoms with Crippen LogP contribution in [0.2, 0.25) is 0 Å². The second kappa shape index (κ2) is 8.21. The molecule has 2 N–H and O–H groups in total. The first-order chi connectivity index (χ1) is 14.4. The van der Waals surface area contributed by atoms with E-state index in [1.54, 1.807) is 4.57 Å². The summed E-state index contributed by atoms with van der Waals surface area (Å²) in [5.41, 5.74) is -0.133. The van der Waals surface area contributed by atoms with E-state index >= 15 is 4.39 Å². The number of nitrogens with zero attached hydrogens (tertiary/aromatic N) is 3. The van der Waals surface area contributed by atoms with E-state index in [1.165, 1.54) is 6.20 Å². The van der Waals surface area contributed by atoms with Gasteiger partial charge in [-0.25, -0.2) is 9.18 Å². The van der Waals surface area contributed by atoms with Crippen molar-refractivity contribution in [1.29, 1.82) is 0 Å². The summed E-state index contributed by atoms with van der Waals surface area (Å²) < 4.78 is 27.6. The number of aromatic nitrogens is 1. The number of pyridine rings is 1. The van der Waals surface area contributed by atoms with Crippen LogP contribution in [0, 0.1) is 5.82 Å². The molecule has 3 heterocycles. The van der Waals surface area contributed by atoms with E-state index in [0.29, 0.717) is 36.6 Å². The lowest BCUT2D eigenvalue weighted by molar-refractivity contribution is 0.00917. The Kier molecular flexibility index (Phi) is 5.63. The molecule has 1 aromatic heterocycles. The van der Waals surface area contributed by atoms with Crippen molar-refractivity contribution in [2.24, 2.45) is 0 Å². The van der Waals surface area contributed by atoms with Gasteiger partial charge in [-0.3, -0.25) is 4.79 Å². The highest BCUT2D eigenvalue weighted by molar-refractivity contribution is 5.97. The van der Waals surface area contributed by atoms with Gasteiger partial charge in [-0.1, -0.05) is 0 Å². The Bertz CT molecular complexity index is 1030. The number of carbonyl (C=O) groups excluding carboxylic acids is 1. The number of ether oxygens (including phenoxy) is 2. The van der Waals surface area contributed by atoms with Crippen molar-refractivity contribution in [3.63, 3.8) is 0 Å². The third-order valence-electron chi connectivity index (χ3n) is 5.48. The average Bonchev–Trinajstić information content (AvgIpc) is 2.75. The molecule has 2 aliphatic heterocycles. The largest absolute Gasteiger partial charge is 0.487 e. The molecule has 0 saturated carbocycles. The van der Waals surface area contributed by atoms with E-state index in [1.807, 2.05) is 11.9 Å². The molecular formula is C20H24FN3O6. The molecule has 9 nitrogen and oxygen atoms in total. The SMILES string of the molecule is CN1CCN(c2c(F)cc3c(=O)c(C(=O)OCC(O)CO)cn4c3c2OCC4)CC1. The lowest BCUT2D eigenvalue weighted by atomic mass is 10.1. The van der Waals surface area contributed by atoms with Gasteiger partial charge in [-0.2, -0.15) is 0 Å². The lowest BCUT2D eigenvalue weighted by Gasteiger charge is -2.36. The molecule has 4 rings (SSSR count). The second-order valence-corrected chi connectivity index (χ2v) is 7.57. The number of aliphatic hydroxyl groups is 2. The van der Waals surface area contributed by atoms with Gasteiger partial charge in [0.1, 0.15) is 30.6 Å². The summed E-state index contributed by atoms with van der Waals surface area (Å²) in [4.78, 5) is 29.4. The van der Waals surface area contributed by atoms with Gasteiger partial charge in [0.15, 0.2) is 11.6 Å². The maximum absolute atomic E-state index is 15.2. The summed E-state index contributed by atoms with van der Waals surface area (Å²) in [5, 5.41) is 18.2. The first-order valence-corrected chi connectivity index (χ1v) is 9.82. The number of anilines is 1. The van der Waals surface area contributed by atoms with Crippen LogP contribution in [0.3, 0.4) is 0 Å². The Morgan fingerprint density at radius 3 is 2.73 bits per heavy atom. The van der Waals surface area contributed by atoms with Crippen molar-refractivity contribution in [1.82, 2.24) is 9.47 Å². The van der Waals surface area contributed by atoms with Crippen LogP contribution in [0.5, 0.6) is 5.75 Å². The van der Waals surface area contributed by atoms with Crippen molar-refractivity contribution >= 4 is 22.6 Å². The lowest BCUT2D eigenvalue weighted by Crippen LogP contribution is -2.45. The number of aliphatic hydroxyl groups excluding tert-OH is 2. The number of likely N-dealkylation sites (N-methyl/N-ethyl adjacent to an activating group) is 1. The predicted octanol–water partition coefficient (Wildman–Crippen LogP) is -0.205. The predicted molar refractivity (Wildman–Crippen MR) is 107 cm³/mol. The summed E-state index contributed by atoms with van der Waals surface area (Å²) in [6.45, 7) is 2.48. The molecule has 10 heteroatoms. The van der Waals surface area contributed by atoms with Crippen molar-refractivity contribution in [2.75, 3.05) is 57.9 Å². The fourth-order valence-corrected chi connectivity index (χ4v) is 3.82. The summed E-state index contributed by atoms with van der Waals surface area (Å²) in [5.74, 6) is -1.20. The molecule has 1 aromatic carbocycles. The van der Waals surface area contributed by atoms with Gasteiger partial charge in [-0.05, 0) is 13.1 Å². The second-order valence-electron chi connectivity index (χ2n) is 7.57. The Morgan fingerprint density at radius 1 is 1.30 bits per heavy atom. The zero-order chi connectivity index (χ0) is 21.4. The molecule has 1 fully saturated rings. The molecule has 0 amide bonds. The molecule has 0 radical (unpaired) electrons. The van der Waals surface area contributed by atoms with E-state index in [9.17, 15) is 14.7 Å². The van der Waals surface area contributed by atoms with Gasteiger partial charge in [0, 0.05) is 32.4 Å². The molecule has 2 aliphatic rings. The van der Waals surface area contributed by atoms with Crippen LogP contribution in [0.25, 0.3) is 10.9 Å². The smallest absolute Gasteiger partial charge is 0.343 e. The van der Waals surface area contributed by atoms with Gasteiger partial charge >= 0.3 is 5.97 Å². The van der Waals surface area contributed by atoms with E-state index in [4.69, 9.17) is 14.6 Å². The van der Waals surface area contributed by atoms with Crippen molar-refractivity contribution < 1.29 is 28.9 Å². The number of hydrogen-bond donors (Lipinski definition) is 2. The van der Waals surface area contributed by atoms with Crippen LogP contribution in [-0.4, -0.2) is 84.8 Å². The maximum atomic E-state index is 15.2. The van der Waals surface area contributed by atoms with Crippen molar-refractivity contribution in [3.05, 3.63) is 33.9 Å². The number of esters is 1. The first kappa shape index (κ1) is 20.6. The summed E-state index contributed by atoms with van der Waals surface area (Å²) in [7, 11) is 2.01. The molecule has 2 aromatic rings. The molecular weight excluding hydrogens is 397 g/mol. The highest BCUT2D eigenvalue weighted by atomic mass is 19.1. The highest BCUT2D eigenvalue weighted by Crippen LogP contribution is 2.40. The number of rotatable bonds is 5. The molecule has 1 unspecified atom stereocenters. The Morgan fingerprint density at radius 2 is 2.03 bits per heavy atom. The van der Waals surface area contributed by atoms with Crippen LogP contribution >= 0.6 is 0 Å². The monoisotopic (exact) mass is 421 g/mol. The minimum Gasteiger partial charge on any atom is -0.487 e. The zero-order valence-electron chi connectivity index (χ0n) is 16.6. The Hall–Kier alpha value is -2.69. The molecule has 1 atom stereocenters. The standard InChI is InChI=1S/C20H24FN3O6/c1-22-2-4-23(5-3-22)17-15(21)8-13-16-19(17)29-7-6-24(16)9-14(18(13)27)20(28)30-11-12(26)10-25/h8-9,12,25-26H,2-7,10-11H2,1H3. The first-order valence-electron chi connectivity index (χ1n) is 9.82. The fraction of sp³-hybridized carbons (Fsp3) is 0.500. The number of benzene rings is 1. The fourth-order valence-electron chi connectivity index (χ4n) is 3.82. The van der Waals surface area contributed by atoms with Crippen LogP contribution < -0.4 is 15.1 Å². The molecule has 1 saturated heterocycles. The third kappa shape index (κ3) is 3.62. The summed E-state index contributed by atoms with van der Waals surface area (Å²) in [6.07, 6.45) is 0.148. The van der Waals surface area contributed by atoms with Gasteiger partial charge in [0.25, 0.3) is 0 Å². The van der Waals surface area contributed by atoms with Gasteiger partial charge in [0.2, 0.25) is 5.43 Å². The summed E-state index contributed by atoms with van der Waals surface area (Å²) >= 11 is 0. The van der Waals surface area contributed by atoms with E-state index < -0.39 is 36.5 Å². The number of piperazine rings is 1. The van der Waals surface area contributed by atoms with Crippen LogP contribution in [0.4, 0.5) is 10.1 Å². The van der Waals surface area contributed by atoms with Crippen LogP contribution in [0.1, 0.15) is 10.4 Å². The zero-order valence-corrected chi connectivity index (χ0v) is 16.6. The van der Waals surface area contributed by atoms with Crippen molar-refractivity contribution in [2.45, 2.75) is 12.6 Å². The maximum Gasteiger partial charge on any atom is 0.343 e. The average molecular weight is 421 g/mol. The minimum atomic E-state index is -1.24. The number of hydrogen-bond acceptors (Lipinski definition) is 8. The minimum absolute atomic E-state index is 0.0391. The van der Waals surface area contributed by atoms with Crippen LogP contribution in [0.15, 0.2) is 17.1 Å². The summed E-state index contributed by atoms with van der Waals surface area (Å²) in [6, 6.07) is 1.15. The molecule has 0 aliphatic carbocycles. The number of halogens is 1. The molecule has 0 bridgehead atoms. The van der Waals surface area contributed by atoms with Crippen LogP contribution in [-0.2, 0) is 11.3 Å². The topological polar surface area (TPSA) is 104 Å². The molecule has 162 valence electrons.